The van der Waals surface area contributed by atoms with Gasteiger partial charge in [-0.3, -0.25) is 9.10 Å². The van der Waals surface area contributed by atoms with Crippen molar-refractivity contribution in [3.8, 4) is 0 Å². The average molecular weight is 298 g/mol. The number of hydrogen-bond donors (Lipinski definition) is 2. The molecule has 2 N–H and O–H groups in total. The molecule has 110 valence electrons. The zero-order valence-electron chi connectivity index (χ0n) is 11.1. The summed E-state index contributed by atoms with van der Waals surface area (Å²) >= 11 is 0. The van der Waals surface area contributed by atoms with Crippen LogP contribution in [0.4, 0.5) is 5.69 Å². The molecule has 1 saturated heterocycles. The Morgan fingerprint density at radius 1 is 1.40 bits per heavy atom. The topological polar surface area (TPSA) is 86.7 Å². The normalized spacial score (nSPS) is 17.1. The van der Waals surface area contributed by atoms with Gasteiger partial charge in [-0.1, -0.05) is 6.07 Å². The molecule has 7 heteroatoms. The smallest absolute Gasteiger partial charge is 0.251 e. The summed E-state index contributed by atoms with van der Waals surface area (Å²) in [5.41, 5.74) is 0.944. The number of carbonyl (C=O) groups excluding carboxylic acids is 1. The highest BCUT2D eigenvalue weighted by Crippen LogP contribution is 2.24. The Balaban J connectivity index is 2.14. The van der Waals surface area contributed by atoms with Crippen molar-refractivity contribution in [1.29, 1.82) is 0 Å². The van der Waals surface area contributed by atoms with Crippen molar-refractivity contribution in [3.05, 3.63) is 29.8 Å². The Hall–Kier alpha value is -1.60. The quantitative estimate of drug-likeness (QED) is 0.767. The summed E-state index contributed by atoms with van der Waals surface area (Å²) in [6, 6.07) is 6.58. The van der Waals surface area contributed by atoms with Crippen LogP contribution in [0, 0.1) is 0 Å². The van der Waals surface area contributed by atoms with Crippen LogP contribution in [0.15, 0.2) is 24.3 Å². The van der Waals surface area contributed by atoms with Gasteiger partial charge in [-0.2, -0.15) is 0 Å². The lowest BCUT2D eigenvalue weighted by Gasteiger charge is -2.17. The molecule has 0 saturated carbocycles. The molecule has 1 amide bonds. The van der Waals surface area contributed by atoms with Gasteiger partial charge in [0.15, 0.2) is 0 Å². The number of nitrogens with one attached hydrogen (secondary N) is 1. The fourth-order valence-electron chi connectivity index (χ4n) is 2.11. The molecule has 0 atom stereocenters. The summed E-state index contributed by atoms with van der Waals surface area (Å²) in [6.07, 6.45) is 1.10. The van der Waals surface area contributed by atoms with E-state index in [1.807, 2.05) is 0 Å². The van der Waals surface area contributed by atoms with E-state index in [9.17, 15) is 13.2 Å². The van der Waals surface area contributed by atoms with Gasteiger partial charge in [0.2, 0.25) is 10.0 Å². The minimum atomic E-state index is -3.23. The van der Waals surface area contributed by atoms with E-state index in [1.165, 1.54) is 4.31 Å². The summed E-state index contributed by atoms with van der Waals surface area (Å²) in [5.74, 6) is -0.114. The van der Waals surface area contributed by atoms with Crippen LogP contribution >= 0.6 is 0 Å². The summed E-state index contributed by atoms with van der Waals surface area (Å²) in [4.78, 5) is 11.9. The van der Waals surface area contributed by atoms with Crippen LogP contribution < -0.4 is 9.62 Å². The van der Waals surface area contributed by atoms with Crippen molar-refractivity contribution in [3.63, 3.8) is 0 Å². The Morgan fingerprint density at radius 3 is 2.85 bits per heavy atom. The molecule has 0 aliphatic carbocycles. The maximum atomic E-state index is 11.9. The van der Waals surface area contributed by atoms with E-state index in [0.29, 0.717) is 37.2 Å². The summed E-state index contributed by atoms with van der Waals surface area (Å²) in [7, 11) is -3.23. The van der Waals surface area contributed by atoms with Gasteiger partial charge in [-0.15, -0.1) is 0 Å². The Kier molecular flexibility index (Phi) is 4.61. The van der Waals surface area contributed by atoms with Crippen molar-refractivity contribution in [2.45, 2.75) is 12.8 Å². The third kappa shape index (κ3) is 3.29. The largest absolute Gasteiger partial charge is 0.396 e. The number of benzene rings is 1. The number of nitrogens with zero attached hydrogens (tertiary/aromatic N) is 1. The molecule has 1 heterocycles. The Morgan fingerprint density at radius 2 is 2.20 bits per heavy atom. The van der Waals surface area contributed by atoms with Crippen molar-refractivity contribution in [1.82, 2.24) is 5.32 Å². The molecular formula is C13H18N2O4S. The molecule has 0 radical (unpaired) electrons. The third-order valence-corrected chi connectivity index (χ3v) is 4.99. The van der Waals surface area contributed by atoms with Crippen molar-refractivity contribution in [2.24, 2.45) is 0 Å². The molecule has 1 aromatic carbocycles. The highest BCUT2D eigenvalue weighted by molar-refractivity contribution is 7.93. The van der Waals surface area contributed by atoms with Gasteiger partial charge >= 0.3 is 0 Å². The molecule has 1 aliphatic heterocycles. The number of aliphatic hydroxyl groups is 1. The number of amides is 1. The molecule has 20 heavy (non-hydrogen) atoms. The molecule has 1 aliphatic rings. The average Bonchev–Trinajstić information content (AvgIpc) is 2.78. The lowest BCUT2D eigenvalue weighted by atomic mass is 10.2. The zero-order valence-corrected chi connectivity index (χ0v) is 11.9. The fraction of sp³-hybridized carbons (Fsp3) is 0.462. The summed E-state index contributed by atoms with van der Waals surface area (Å²) < 4.78 is 25.0. The maximum absolute atomic E-state index is 11.9. The molecule has 2 rings (SSSR count). The van der Waals surface area contributed by atoms with E-state index < -0.39 is 10.0 Å². The molecule has 1 aromatic rings. The second-order valence-corrected chi connectivity index (χ2v) is 6.64. The second kappa shape index (κ2) is 6.23. The van der Waals surface area contributed by atoms with Crippen molar-refractivity contribution < 1.29 is 18.3 Å². The monoisotopic (exact) mass is 298 g/mol. The molecule has 1 fully saturated rings. The van der Waals surface area contributed by atoms with Gasteiger partial charge in [0, 0.05) is 25.3 Å². The standard InChI is InChI=1S/C13H18N2O4S/c16-8-2-6-14-13(17)11-4-1-5-12(10-11)15-7-3-9-20(15,18)19/h1,4-5,10,16H,2-3,6-9H2,(H,14,17). The number of aliphatic hydroxyl groups excluding tert-OH is 1. The lowest BCUT2D eigenvalue weighted by Crippen LogP contribution is -2.27. The maximum Gasteiger partial charge on any atom is 0.251 e. The van der Waals surface area contributed by atoms with E-state index in [0.717, 1.165) is 0 Å². The fourth-order valence-corrected chi connectivity index (χ4v) is 3.67. The Bertz CT molecular complexity index is 586. The van der Waals surface area contributed by atoms with E-state index in [4.69, 9.17) is 5.11 Å². The van der Waals surface area contributed by atoms with Crippen LogP contribution in [-0.2, 0) is 10.0 Å². The predicted octanol–water partition coefficient (Wildman–Crippen LogP) is 0.339. The first-order valence-electron chi connectivity index (χ1n) is 6.54. The van der Waals surface area contributed by atoms with Gasteiger partial charge in [0.25, 0.3) is 5.91 Å². The zero-order chi connectivity index (χ0) is 14.6. The van der Waals surface area contributed by atoms with E-state index in [1.54, 1.807) is 24.3 Å². The minimum absolute atomic E-state index is 0.0202. The van der Waals surface area contributed by atoms with E-state index in [2.05, 4.69) is 5.32 Å². The highest BCUT2D eigenvalue weighted by Gasteiger charge is 2.28. The van der Waals surface area contributed by atoms with Crippen molar-refractivity contribution >= 4 is 21.6 Å². The highest BCUT2D eigenvalue weighted by atomic mass is 32.2. The van der Waals surface area contributed by atoms with E-state index >= 15 is 0 Å². The minimum Gasteiger partial charge on any atom is -0.396 e. The number of anilines is 1. The van der Waals surface area contributed by atoms with Gasteiger partial charge in [0.05, 0.1) is 11.4 Å². The second-order valence-electron chi connectivity index (χ2n) is 4.63. The molecular weight excluding hydrogens is 280 g/mol. The summed E-state index contributed by atoms with van der Waals surface area (Å²) in [5, 5.41) is 11.3. The number of carbonyl (C=O) groups is 1. The van der Waals surface area contributed by atoms with Crippen LogP contribution in [-0.4, -0.2) is 44.9 Å². The van der Waals surface area contributed by atoms with Gasteiger partial charge in [-0.25, -0.2) is 8.42 Å². The first-order chi connectivity index (χ1) is 9.54. The number of hydrogen-bond acceptors (Lipinski definition) is 4. The molecule has 0 spiro atoms. The molecule has 0 aromatic heterocycles. The Labute approximate surface area is 118 Å². The number of rotatable bonds is 5. The van der Waals surface area contributed by atoms with Crippen LogP contribution in [0.5, 0.6) is 0 Å². The molecule has 0 bridgehead atoms. The van der Waals surface area contributed by atoms with Crippen LogP contribution in [0.25, 0.3) is 0 Å². The number of sulfonamides is 1. The van der Waals surface area contributed by atoms with Crippen molar-refractivity contribution in [2.75, 3.05) is 29.8 Å². The van der Waals surface area contributed by atoms with Gasteiger partial charge in [0.1, 0.15) is 0 Å². The van der Waals surface area contributed by atoms with Gasteiger partial charge < -0.3 is 10.4 Å². The molecule has 0 unspecified atom stereocenters. The predicted molar refractivity (Wildman–Crippen MR) is 76.2 cm³/mol. The first kappa shape index (κ1) is 14.8. The first-order valence-corrected chi connectivity index (χ1v) is 8.15. The SMILES string of the molecule is O=C(NCCCO)c1cccc(N2CCCS2(=O)=O)c1. The van der Waals surface area contributed by atoms with Crippen LogP contribution in [0.2, 0.25) is 0 Å². The lowest BCUT2D eigenvalue weighted by molar-refractivity contribution is 0.0951. The summed E-state index contributed by atoms with van der Waals surface area (Å²) in [6.45, 7) is 0.867. The third-order valence-electron chi connectivity index (χ3n) is 3.12. The van der Waals surface area contributed by atoms with Crippen LogP contribution in [0.3, 0.4) is 0 Å². The van der Waals surface area contributed by atoms with Gasteiger partial charge in [-0.05, 0) is 31.0 Å². The molecule has 6 nitrogen and oxygen atoms in total. The van der Waals surface area contributed by atoms with E-state index in [-0.39, 0.29) is 18.3 Å². The van der Waals surface area contributed by atoms with Crippen LogP contribution in [0.1, 0.15) is 23.2 Å².